The van der Waals surface area contributed by atoms with Crippen molar-refractivity contribution in [3.8, 4) is 0 Å². The summed E-state index contributed by atoms with van der Waals surface area (Å²) in [4.78, 5) is 10.3. The highest BCUT2D eigenvalue weighted by Gasteiger charge is 2.10. The van der Waals surface area contributed by atoms with E-state index in [1.54, 1.807) is 11.3 Å². The average Bonchev–Trinajstić information content (AvgIpc) is 2.64. The molecular formula is C9H13NO3S. The van der Waals surface area contributed by atoms with Crippen molar-refractivity contribution in [2.45, 2.75) is 12.5 Å². The van der Waals surface area contributed by atoms with Crippen LogP contribution in [0.15, 0.2) is 16.8 Å². The lowest BCUT2D eigenvalue weighted by atomic mass is 10.2. The molecule has 0 saturated heterocycles. The largest absolute Gasteiger partial charge is 0.480 e. The first-order valence-corrected chi connectivity index (χ1v) is 5.21. The lowest BCUT2D eigenvalue weighted by molar-refractivity contribution is -0.139. The van der Waals surface area contributed by atoms with E-state index >= 15 is 0 Å². The molecule has 0 aliphatic carbocycles. The van der Waals surface area contributed by atoms with Crippen molar-refractivity contribution < 1.29 is 14.6 Å². The number of ether oxygens (including phenoxy) is 1. The van der Waals surface area contributed by atoms with E-state index in [9.17, 15) is 4.79 Å². The van der Waals surface area contributed by atoms with E-state index in [1.165, 1.54) is 5.56 Å². The van der Waals surface area contributed by atoms with Crippen LogP contribution in [0.4, 0.5) is 0 Å². The first-order valence-electron chi connectivity index (χ1n) is 4.27. The first-order chi connectivity index (χ1) is 6.70. The molecule has 0 saturated carbocycles. The van der Waals surface area contributed by atoms with Crippen molar-refractivity contribution in [1.82, 2.24) is 0 Å². The zero-order chi connectivity index (χ0) is 10.4. The molecule has 4 nitrogen and oxygen atoms in total. The van der Waals surface area contributed by atoms with E-state index in [0.29, 0.717) is 6.61 Å². The van der Waals surface area contributed by atoms with Crippen LogP contribution in [0.2, 0.25) is 0 Å². The average molecular weight is 215 g/mol. The molecule has 0 unspecified atom stereocenters. The molecule has 0 aliphatic rings. The number of aliphatic carboxylic acids is 1. The van der Waals surface area contributed by atoms with Gasteiger partial charge in [-0.15, -0.1) is 0 Å². The number of carboxylic acids is 1. The quantitative estimate of drug-likeness (QED) is 0.686. The van der Waals surface area contributed by atoms with E-state index in [4.69, 9.17) is 15.6 Å². The van der Waals surface area contributed by atoms with Crippen molar-refractivity contribution in [2.75, 3.05) is 13.2 Å². The summed E-state index contributed by atoms with van der Waals surface area (Å²) in [5.74, 6) is -1.03. The van der Waals surface area contributed by atoms with Crippen molar-refractivity contribution >= 4 is 17.3 Å². The third-order valence-electron chi connectivity index (χ3n) is 1.73. The first kappa shape index (κ1) is 11.2. The molecule has 0 bridgehead atoms. The molecule has 5 heteroatoms. The fourth-order valence-corrected chi connectivity index (χ4v) is 1.61. The van der Waals surface area contributed by atoms with Crippen LogP contribution in [-0.4, -0.2) is 30.3 Å². The summed E-state index contributed by atoms with van der Waals surface area (Å²) in [7, 11) is 0. The van der Waals surface area contributed by atoms with Crippen LogP contribution in [0.25, 0.3) is 0 Å². The lowest BCUT2D eigenvalue weighted by Gasteiger charge is -2.06. The molecule has 0 radical (unpaired) electrons. The van der Waals surface area contributed by atoms with Gasteiger partial charge < -0.3 is 15.6 Å². The summed E-state index contributed by atoms with van der Waals surface area (Å²) in [6.45, 7) is 0.581. The Hall–Kier alpha value is -0.910. The minimum Gasteiger partial charge on any atom is -0.480 e. The highest BCUT2D eigenvalue weighted by Crippen LogP contribution is 2.06. The minimum atomic E-state index is -1.03. The van der Waals surface area contributed by atoms with Crippen molar-refractivity contribution in [1.29, 1.82) is 0 Å². The van der Waals surface area contributed by atoms with E-state index in [0.717, 1.165) is 6.42 Å². The van der Waals surface area contributed by atoms with Gasteiger partial charge >= 0.3 is 5.97 Å². The van der Waals surface area contributed by atoms with E-state index in [1.807, 2.05) is 16.8 Å². The molecule has 1 rings (SSSR count). The third kappa shape index (κ3) is 3.87. The number of hydrogen-bond acceptors (Lipinski definition) is 4. The molecule has 3 N–H and O–H groups in total. The third-order valence-corrected chi connectivity index (χ3v) is 2.46. The molecule has 1 aromatic heterocycles. The fourth-order valence-electron chi connectivity index (χ4n) is 0.907. The zero-order valence-electron chi connectivity index (χ0n) is 7.68. The lowest BCUT2D eigenvalue weighted by Crippen LogP contribution is -2.35. The number of hydrogen-bond donors (Lipinski definition) is 2. The fraction of sp³-hybridized carbons (Fsp3) is 0.444. The van der Waals surface area contributed by atoms with Gasteiger partial charge in [-0.1, -0.05) is 0 Å². The number of nitrogens with two attached hydrogens (primary N) is 1. The standard InChI is InChI=1S/C9H13NO3S/c10-8(9(11)12)5-13-3-1-7-2-4-14-6-7/h2,4,6,8H,1,3,5,10H2,(H,11,12)/t8-/m1/s1. The molecule has 78 valence electrons. The normalized spacial score (nSPS) is 12.6. The summed E-state index contributed by atoms with van der Waals surface area (Å²) >= 11 is 1.63. The van der Waals surface area contributed by atoms with Crippen LogP contribution in [0.3, 0.4) is 0 Å². The molecule has 0 aliphatic heterocycles. The summed E-state index contributed by atoms with van der Waals surface area (Å²) in [6.07, 6.45) is 0.801. The topological polar surface area (TPSA) is 72.5 Å². The minimum absolute atomic E-state index is 0.0689. The van der Waals surface area contributed by atoms with Gasteiger partial charge in [0.1, 0.15) is 6.04 Å². The van der Waals surface area contributed by atoms with Crippen LogP contribution in [-0.2, 0) is 16.0 Å². The molecule has 14 heavy (non-hydrogen) atoms. The number of carboxylic acid groups (broad SMARTS) is 1. The Kier molecular flexibility index (Phi) is 4.58. The second kappa shape index (κ2) is 5.74. The molecule has 0 fully saturated rings. The summed E-state index contributed by atoms with van der Waals surface area (Å²) in [5, 5.41) is 12.5. The van der Waals surface area contributed by atoms with Gasteiger partial charge in [0.15, 0.2) is 0 Å². The summed E-state index contributed by atoms with van der Waals surface area (Å²) < 4.78 is 5.13. The Labute approximate surface area is 86.3 Å². The van der Waals surface area contributed by atoms with Crippen molar-refractivity contribution in [3.63, 3.8) is 0 Å². The van der Waals surface area contributed by atoms with Gasteiger partial charge in [0.05, 0.1) is 13.2 Å². The molecule has 0 amide bonds. The van der Waals surface area contributed by atoms with E-state index < -0.39 is 12.0 Å². The molecule has 1 heterocycles. The number of thiophene rings is 1. The number of carbonyl (C=O) groups is 1. The van der Waals surface area contributed by atoms with Crippen LogP contribution in [0.1, 0.15) is 5.56 Å². The highest BCUT2D eigenvalue weighted by atomic mass is 32.1. The second-order valence-corrected chi connectivity index (χ2v) is 3.68. The Bertz CT molecular complexity index is 274. The summed E-state index contributed by atoms with van der Waals surface area (Å²) in [6, 6.07) is 1.10. The molecule has 0 spiro atoms. The smallest absolute Gasteiger partial charge is 0.322 e. The number of rotatable bonds is 6. The maximum Gasteiger partial charge on any atom is 0.322 e. The van der Waals surface area contributed by atoms with Crippen LogP contribution in [0, 0.1) is 0 Å². The maximum absolute atomic E-state index is 10.3. The van der Waals surface area contributed by atoms with E-state index in [2.05, 4.69) is 0 Å². The van der Waals surface area contributed by atoms with Gasteiger partial charge in [0.25, 0.3) is 0 Å². The van der Waals surface area contributed by atoms with Crippen molar-refractivity contribution in [3.05, 3.63) is 22.4 Å². The van der Waals surface area contributed by atoms with Crippen LogP contribution >= 0.6 is 11.3 Å². The Morgan fingerprint density at radius 1 is 1.71 bits per heavy atom. The van der Waals surface area contributed by atoms with Crippen LogP contribution in [0.5, 0.6) is 0 Å². The molecule has 1 aromatic rings. The predicted molar refractivity (Wildman–Crippen MR) is 54.5 cm³/mol. The Morgan fingerprint density at radius 3 is 3.07 bits per heavy atom. The molecule has 0 aromatic carbocycles. The molecular weight excluding hydrogens is 202 g/mol. The maximum atomic E-state index is 10.3. The monoisotopic (exact) mass is 215 g/mol. The Balaban J connectivity index is 2.08. The predicted octanol–water partition coefficient (Wildman–Crippen LogP) is 0.719. The zero-order valence-corrected chi connectivity index (χ0v) is 8.50. The van der Waals surface area contributed by atoms with Gasteiger partial charge in [-0.3, -0.25) is 4.79 Å². The second-order valence-electron chi connectivity index (χ2n) is 2.90. The van der Waals surface area contributed by atoms with Crippen molar-refractivity contribution in [2.24, 2.45) is 5.73 Å². The van der Waals surface area contributed by atoms with Gasteiger partial charge in [-0.25, -0.2) is 0 Å². The van der Waals surface area contributed by atoms with Gasteiger partial charge in [0.2, 0.25) is 0 Å². The molecule has 1 atom stereocenters. The van der Waals surface area contributed by atoms with Crippen LogP contribution < -0.4 is 5.73 Å². The van der Waals surface area contributed by atoms with Gasteiger partial charge in [-0.05, 0) is 28.8 Å². The summed E-state index contributed by atoms with van der Waals surface area (Å²) in [5.41, 5.74) is 6.46. The van der Waals surface area contributed by atoms with Gasteiger partial charge in [-0.2, -0.15) is 11.3 Å². The Morgan fingerprint density at radius 2 is 2.50 bits per heavy atom. The highest BCUT2D eigenvalue weighted by molar-refractivity contribution is 7.07. The van der Waals surface area contributed by atoms with E-state index in [-0.39, 0.29) is 6.61 Å². The van der Waals surface area contributed by atoms with Gasteiger partial charge in [0, 0.05) is 0 Å². The SMILES string of the molecule is N[C@H](COCCc1ccsc1)C(=O)O.